The molecule has 0 aliphatic carbocycles. The molecule has 4 rings (SSSR count). The van der Waals surface area contributed by atoms with Gasteiger partial charge in [-0.15, -0.1) is 0 Å². The van der Waals surface area contributed by atoms with E-state index >= 15 is 0 Å². The van der Waals surface area contributed by atoms with Crippen LogP contribution in [0.3, 0.4) is 0 Å². The van der Waals surface area contributed by atoms with Crippen molar-refractivity contribution in [1.29, 1.82) is 0 Å². The van der Waals surface area contributed by atoms with Crippen LogP contribution < -0.4 is 17.1 Å². The van der Waals surface area contributed by atoms with Crippen molar-refractivity contribution in [2.45, 2.75) is 19.4 Å². The summed E-state index contributed by atoms with van der Waals surface area (Å²) in [5, 5.41) is 0. The summed E-state index contributed by atoms with van der Waals surface area (Å²) in [5.74, 6) is 0.105. The molecule has 0 fully saturated rings. The number of benzene rings is 3. The van der Waals surface area contributed by atoms with Crippen molar-refractivity contribution in [2.75, 3.05) is 7.11 Å². The second-order valence-electron chi connectivity index (χ2n) is 6.73. The molecule has 1 heterocycles. The van der Waals surface area contributed by atoms with Crippen LogP contribution in [0.1, 0.15) is 23.6 Å². The lowest BCUT2D eigenvalue weighted by Gasteiger charge is -2.24. The van der Waals surface area contributed by atoms with Gasteiger partial charge in [0.2, 0.25) is 11.4 Å². The summed E-state index contributed by atoms with van der Waals surface area (Å²) in [6.07, 6.45) is 0.707. The van der Waals surface area contributed by atoms with Crippen LogP contribution in [0.25, 0.3) is 0 Å². The molecule has 0 radical (unpaired) electrons. The molecule has 0 bridgehead atoms. The summed E-state index contributed by atoms with van der Waals surface area (Å²) in [6, 6.07) is 19.0. The van der Waals surface area contributed by atoms with Gasteiger partial charge in [0.25, 0.3) is 0 Å². The zero-order valence-electron chi connectivity index (χ0n) is 15.6. The van der Waals surface area contributed by atoms with Crippen molar-refractivity contribution in [1.82, 2.24) is 0 Å². The Morgan fingerprint density at radius 2 is 1.57 bits per heavy atom. The van der Waals surface area contributed by atoms with Gasteiger partial charge in [-0.05, 0) is 48.9 Å². The van der Waals surface area contributed by atoms with E-state index in [0.717, 1.165) is 16.9 Å². The second kappa shape index (κ2) is 8.11. The molecule has 3 aromatic rings. The Kier molecular flexibility index (Phi) is 5.80. The molecule has 0 aromatic heterocycles. The molecule has 0 N–H and O–H groups in total. The standard InChI is InChI=1S/C23H20F2NO.ClH/c1-15-13-16-14-17(27-2)11-12-18(16)23(19-7-3-4-8-20(19)24)26(15)22-10-6-5-9-21(22)25;/h3-12,14-15H,13H2,1-2H3;1H/q+1;/p-1. The maximum absolute atomic E-state index is 14.8. The number of para-hydroxylation sites is 1. The van der Waals surface area contributed by atoms with Crippen LogP contribution in [0.15, 0.2) is 66.7 Å². The molecule has 0 saturated carbocycles. The van der Waals surface area contributed by atoms with Crippen molar-refractivity contribution in [2.24, 2.45) is 0 Å². The molecule has 3 aromatic carbocycles. The predicted molar refractivity (Wildman–Crippen MR) is 102 cm³/mol. The average Bonchev–Trinajstić information content (AvgIpc) is 2.68. The fraction of sp³-hybridized carbons (Fsp3) is 0.174. The van der Waals surface area contributed by atoms with Crippen molar-refractivity contribution >= 4 is 11.4 Å². The van der Waals surface area contributed by atoms with Crippen molar-refractivity contribution in [3.05, 3.63) is 95.1 Å². The van der Waals surface area contributed by atoms with Crippen molar-refractivity contribution in [3.63, 3.8) is 0 Å². The first kappa shape index (κ1) is 20.0. The Morgan fingerprint density at radius 3 is 2.25 bits per heavy atom. The summed E-state index contributed by atoms with van der Waals surface area (Å²) in [6.45, 7) is 2.02. The Bertz CT molecular complexity index is 1050. The lowest BCUT2D eigenvalue weighted by atomic mass is 9.88. The van der Waals surface area contributed by atoms with Crippen LogP contribution >= 0.6 is 0 Å². The highest BCUT2D eigenvalue weighted by atomic mass is 35.5. The van der Waals surface area contributed by atoms with E-state index in [-0.39, 0.29) is 30.1 Å². The number of hydrogen-bond acceptors (Lipinski definition) is 1. The van der Waals surface area contributed by atoms with Crippen LogP contribution in [0, 0.1) is 11.6 Å². The highest BCUT2D eigenvalue weighted by Crippen LogP contribution is 2.32. The third-order valence-electron chi connectivity index (χ3n) is 5.01. The van der Waals surface area contributed by atoms with Gasteiger partial charge in [0.15, 0.2) is 11.9 Å². The molecule has 1 aliphatic heterocycles. The number of hydrogen-bond donors (Lipinski definition) is 0. The third kappa shape index (κ3) is 3.40. The van der Waals surface area contributed by atoms with Crippen molar-refractivity contribution < 1.29 is 30.5 Å². The summed E-state index contributed by atoms with van der Waals surface area (Å²) >= 11 is 0. The second-order valence-corrected chi connectivity index (χ2v) is 6.73. The summed E-state index contributed by atoms with van der Waals surface area (Å²) in [7, 11) is 1.63. The van der Waals surface area contributed by atoms with Gasteiger partial charge in [-0.3, -0.25) is 0 Å². The predicted octanol–water partition coefficient (Wildman–Crippen LogP) is 2.10. The number of rotatable bonds is 3. The minimum absolute atomic E-state index is 0. The first-order chi connectivity index (χ1) is 13.1. The fourth-order valence-corrected chi connectivity index (χ4v) is 3.79. The molecular weight excluding hydrogens is 380 g/mol. The van der Waals surface area contributed by atoms with E-state index in [0.29, 0.717) is 23.4 Å². The Hall–Kier alpha value is -2.72. The fourth-order valence-electron chi connectivity index (χ4n) is 3.79. The van der Waals surface area contributed by atoms with E-state index in [1.165, 1.54) is 12.1 Å². The van der Waals surface area contributed by atoms with E-state index in [4.69, 9.17) is 4.74 Å². The molecule has 2 nitrogen and oxygen atoms in total. The van der Waals surface area contributed by atoms with Gasteiger partial charge in [-0.1, -0.05) is 24.3 Å². The van der Waals surface area contributed by atoms with E-state index < -0.39 is 0 Å². The lowest BCUT2D eigenvalue weighted by molar-refractivity contribution is -0.483. The Labute approximate surface area is 169 Å². The lowest BCUT2D eigenvalue weighted by Crippen LogP contribution is -3.00. The van der Waals surface area contributed by atoms with Gasteiger partial charge in [0.1, 0.15) is 11.6 Å². The first-order valence-electron chi connectivity index (χ1n) is 8.93. The van der Waals surface area contributed by atoms with Crippen LogP contribution in [0.4, 0.5) is 14.5 Å². The van der Waals surface area contributed by atoms with E-state index in [9.17, 15) is 8.78 Å². The van der Waals surface area contributed by atoms with Crippen LogP contribution in [-0.4, -0.2) is 23.4 Å². The van der Waals surface area contributed by atoms with Crippen LogP contribution in [0.2, 0.25) is 0 Å². The number of ether oxygens (including phenoxy) is 1. The minimum Gasteiger partial charge on any atom is -1.00 e. The number of nitrogens with zero attached hydrogens (tertiary/aromatic N) is 1. The molecule has 1 unspecified atom stereocenters. The van der Waals surface area contributed by atoms with Crippen molar-refractivity contribution in [3.8, 4) is 5.75 Å². The minimum atomic E-state index is -0.329. The molecule has 1 atom stereocenters. The highest BCUT2D eigenvalue weighted by molar-refractivity contribution is 6.11. The topological polar surface area (TPSA) is 12.2 Å². The average molecular weight is 400 g/mol. The molecular formula is C23H20ClF2NO. The zero-order chi connectivity index (χ0) is 19.0. The molecule has 1 aliphatic rings. The largest absolute Gasteiger partial charge is 1.00 e. The van der Waals surface area contributed by atoms with Gasteiger partial charge in [0, 0.05) is 12.5 Å². The van der Waals surface area contributed by atoms with Gasteiger partial charge in [-0.25, -0.2) is 4.39 Å². The number of methoxy groups -OCH3 is 1. The molecule has 0 saturated heterocycles. The normalized spacial score (nSPS) is 15.6. The number of fused-ring (bicyclic) bond motifs is 1. The van der Waals surface area contributed by atoms with Gasteiger partial charge in [-0.2, -0.15) is 8.97 Å². The summed E-state index contributed by atoms with van der Waals surface area (Å²) in [5.41, 5.74) is 3.54. The van der Waals surface area contributed by atoms with E-state index in [1.807, 2.05) is 29.7 Å². The Morgan fingerprint density at radius 1 is 0.893 bits per heavy atom. The van der Waals surface area contributed by atoms with Crippen LogP contribution in [-0.2, 0) is 6.42 Å². The summed E-state index contributed by atoms with van der Waals surface area (Å²) in [4.78, 5) is 0. The van der Waals surface area contributed by atoms with Gasteiger partial charge in [0.05, 0.1) is 18.2 Å². The molecule has 0 amide bonds. The third-order valence-corrected chi connectivity index (χ3v) is 5.01. The smallest absolute Gasteiger partial charge is 0.242 e. The molecule has 28 heavy (non-hydrogen) atoms. The number of halogens is 3. The zero-order valence-corrected chi connectivity index (χ0v) is 16.4. The van der Waals surface area contributed by atoms with Crippen LogP contribution in [0.5, 0.6) is 5.75 Å². The SMILES string of the molecule is COc1ccc2c(c1)CC(C)[N+](c1ccccc1F)=C2c1ccccc1F.[Cl-]. The highest BCUT2D eigenvalue weighted by Gasteiger charge is 2.36. The van der Waals surface area contributed by atoms with E-state index in [2.05, 4.69) is 0 Å². The van der Waals surface area contributed by atoms with E-state index in [1.54, 1.807) is 43.5 Å². The van der Waals surface area contributed by atoms with Gasteiger partial charge >= 0.3 is 0 Å². The maximum Gasteiger partial charge on any atom is 0.242 e. The summed E-state index contributed by atoms with van der Waals surface area (Å²) < 4.78 is 36.7. The van der Waals surface area contributed by atoms with Gasteiger partial charge < -0.3 is 17.1 Å². The quantitative estimate of drug-likeness (QED) is 0.614. The monoisotopic (exact) mass is 399 g/mol. The molecule has 5 heteroatoms. The maximum atomic E-state index is 14.8. The first-order valence-corrected chi connectivity index (χ1v) is 8.93. The molecule has 144 valence electrons. The Balaban J connectivity index is 0.00000225. The molecule has 0 spiro atoms.